The molecule has 0 aliphatic carbocycles. The lowest BCUT2D eigenvalue weighted by atomic mass is 10.1. The number of carbonyl (C=O) groups excluding carboxylic acids is 1. The van der Waals surface area contributed by atoms with Gasteiger partial charge in [-0.25, -0.2) is 4.79 Å². The highest BCUT2D eigenvalue weighted by Gasteiger charge is 2.41. The Bertz CT molecular complexity index is 323. The van der Waals surface area contributed by atoms with Crippen LogP contribution in [0.3, 0.4) is 0 Å². The maximum atomic E-state index is 12.2. The maximum absolute atomic E-state index is 12.2. The van der Waals surface area contributed by atoms with Crippen molar-refractivity contribution >= 4 is 11.9 Å². The zero-order chi connectivity index (χ0) is 14.4. The number of carboxylic acids is 1. The average molecular weight is 274 g/mol. The number of ether oxygens (including phenoxy) is 2. The summed E-state index contributed by atoms with van der Waals surface area (Å²) in [5.41, 5.74) is 5.81. The van der Waals surface area contributed by atoms with Gasteiger partial charge in [0.15, 0.2) is 0 Å². The second kappa shape index (κ2) is 7.42. The topological polar surface area (TPSA) is 102 Å². The van der Waals surface area contributed by atoms with E-state index in [9.17, 15) is 9.59 Å². The molecule has 0 aromatic rings. The minimum atomic E-state index is -1.02. The Hall–Kier alpha value is -1.18. The first-order valence-electron chi connectivity index (χ1n) is 6.31. The van der Waals surface area contributed by atoms with E-state index in [1.807, 2.05) is 0 Å². The smallest absolute Gasteiger partial charge is 0.326 e. The van der Waals surface area contributed by atoms with E-state index in [2.05, 4.69) is 0 Å². The van der Waals surface area contributed by atoms with Crippen LogP contribution >= 0.6 is 0 Å². The second-order valence-corrected chi connectivity index (χ2v) is 4.68. The Kier molecular flexibility index (Phi) is 6.20. The molecule has 0 spiro atoms. The van der Waals surface area contributed by atoms with E-state index < -0.39 is 18.1 Å². The SMILES string of the molecule is COCCCC(N)C(=O)N1CC(OC)CC1C(=O)O. The third kappa shape index (κ3) is 4.15. The Labute approximate surface area is 112 Å². The van der Waals surface area contributed by atoms with Crippen molar-refractivity contribution in [2.24, 2.45) is 5.73 Å². The molecule has 7 heteroatoms. The molecule has 7 nitrogen and oxygen atoms in total. The molecule has 0 aromatic carbocycles. The molecule has 1 saturated heterocycles. The van der Waals surface area contributed by atoms with Crippen LogP contribution in [0, 0.1) is 0 Å². The van der Waals surface area contributed by atoms with Gasteiger partial charge in [-0.1, -0.05) is 0 Å². The average Bonchev–Trinajstić information content (AvgIpc) is 2.82. The fourth-order valence-corrected chi connectivity index (χ4v) is 2.23. The standard InChI is InChI=1S/C12H22N2O5/c1-18-5-3-4-9(13)11(15)14-7-8(19-2)6-10(14)12(16)17/h8-10H,3-7,13H2,1-2H3,(H,16,17). The zero-order valence-corrected chi connectivity index (χ0v) is 11.4. The lowest BCUT2D eigenvalue weighted by Gasteiger charge is -2.24. The van der Waals surface area contributed by atoms with Crippen molar-refractivity contribution in [3.05, 3.63) is 0 Å². The highest BCUT2D eigenvalue weighted by Crippen LogP contribution is 2.21. The molecule has 1 amide bonds. The lowest BCUT2D eigenvalue weighted by Crippen LogP contribution is -2.48. The van der Waals surface area contributed by atoms with Gasteiger partial charge in [-0.3, -0.25) is 4.79 Å². The molecule has 0 radical (unpaired) electrons. The Morgan fingerprint density at radius 1 is 1.47 bits per heavy atom. The molecule has 0 bridgehead atoms. The predicted molar refractivity (Wildman–Crippen MR) is 67.6 cm³/mol. The molecule has 0 aromatic heterocycles. The molecule has 3 unspecified atom stereocenters. The highest BCUT2D eigenvalue weighted by atomic mass is 16.5. The maximum Gasteiger partial charge on any atom is 0.326 e. The van der Waals surface area contributed by atoms with E-state index >= 15 is 0 Å². The van der Waals surface area contributed by atoms with Crippen molar-refractivity contribution in [2.75, 3.05) is 27.4 Å². The van der Waals surface area contributed by atoms with Crippen LogP contribution in [-0.2, 0) is 19.1 Å². The summed E-state index contributed by atoms with van der Waals surface area (Å²) in [5, 5.41) is 9.13. The van der Waals surface area contributed by atoms with Gasteiger partial charge in [0.05, 0.1) is 12.1 Å². The third-order valence-electron chi connectivity index (χ3n) is 3.34. The number of amides is 1. The van der Waals surface area contributed by atoms with E-state index in [1.54, 1.807) is 7.11 Å². The number of likely N-dealkylation sites (tertiary alicyclic amines) is 1. The fourth-order valence-electron chi connectivity index (χ4n) is 2.23. The number of aliphatic carboxylic acids is 1. The van der Waals surface area contributed by atoms with Gasteiger partial charge in [0.1, 0.15) is 6.04 Å². The van der Waals surface area contributed by atoms with E-state index in [1.165, 1.54) is 12.0 Å². The van der Waals surface area contributed by atoms with Crippen LogP contribution in [0.1, 0.15) is 19.3 Å². The van der Waals surface area contributed by atoms with E-state index in [-0.39, 0.29) is 18.6 Å². The van der Waals surface area contributed by atoms with Crippen molar-refractivity contribution < 1.29 is 24.2 Å². The number of nitrogens with zero attached hydrogens (tertiary/aromatic N) is 1. The van der Waals surface area contributed by atoms with E-state index in [4.69, 9.17) is 20.3 Å². The van der Waals surface area contributed by atoms with Gasteiger partial charge in [0, 0.05) is 33.8 Å². The van der Waals surface area contributed by atoms with Gasteiger partial charge in [0.25, 0.3) is 0 Å². The monoisotopic (exact) mass is 274 g/mol. The molecule has 1 heterocycles. The molecule has 3 N–H and O–H groups in total. The number of hydrogen-bond donors (Lipinski definition) is 2. The lowest BCUT2D eigenvalue weighted by molar-refractivity contribution is -0.148. The summed E-state index contributed by atoms with van der Waals surface area (Å²) >= 11 is 0. The van der Waals surface area contributed by atoms with Crippen molar-refractivity contribution in [3.8, 4) is 0 Å². The summed E-state index contributed by atoms with van der Waals surface area (Å²) in [6, 6.07) is -1.53. The van der Waals surface area contributed by atoms with Crippen LogP contribution in [0.25, 0.3) is 0 Å². The largest absolute Gasteiger partial charge is 0.480 e. The van der Waals surface area contributed by atoms with Gasteiger partial charge in [-0.15, -0.1) is 0 Å². The molecular weight excluding hydrogens is 252 g/mol. The predicted octanol–water partition coefficient (Wildman–Crippen LogP) is -0.559. The minimum Gasteiger partial charge on any atom is -0.480 e. The van der Waals surface area contributed by atoms with Crippen LogP contribution in [-0.4, -0.2) is 67.4 Å². The van der Waals surface area contributed by atoms with Crippen molar-refractivity contribution in [1.82, 2.24) is 4.90 Å². The summed E-state index contributed by atoms with van der Waals surface area (Å²) in [4.78, 5) is 24.6. The Morgan fingerprint density at radius 3 is 2.68 bits per heavy atom. The fraction of sp³-hybridized carbons (Fsp3) is 0.833. The Balaban J connectivity index is 2.60. The number of hydrogen-bond acceptors (Lipinski definition) is 5. The summed E-state index contributed by atoms with van der Waals surface area (Å²) < 4.78 is 10.0. The molecule has 1 fully saturated rings. The van der Waals surface area contributed by atoms with Crippen LogP contribution in [0.5, 0.6) is 0 Å². The molecule has 1 rings (SSSR count). The molecule has 19 heavy (non-hydrogen) atoms. The normalized spacial score (nSPS) is 24.5. The van der Waals surface area contributed by atoms with Crippen molar-refractivity contribution in [2.45, 2.75) is 37.5 Å². The van der Waals surface area contributed by atoms with Crippen LogP contribution < -0.4 is 5.73 Å². The molecule has 1 aliphatic rings. The first kappa shape index (κ1) is 15.9. The zero-order valence-electron chi connectivity index (χ0n) is 11.4. The number of carbonyl (C=O) groups is 2. The first-order chi connectivity index (χ1) is 9.01. The molecule has 110 valence electrons. The van der Waals surface area contributed by atoms with Gasteiger partial charge < -0.3 is 25.2 Å². The van der Waals surface area contributed by atoms with Gasteiger partial charge in [0.2, 0.25) is 5.91 Å². The number of methoxy groups -OCH3 is 2. The van der Waals surface area contributed by atoms with Crippen LogP contribution in [0.2, 0.25) is 0 Å². The summed E-state index contributed by atoms with van der Waals surface area (Å²) in [7, 11) is 3.09. The highest BCUT2D eigenvalue weighted by molar-refractivity contribution is 5.87. The summed E-state index contributed by atoms with van der Waals surface area (Å²) in [6.07, 6.45) is 1.22. The van der Waals surface area contributed by atoms with Crippen LogP contribution in [0.4, 0.5) is 0 Å². The summed E-state index contributed by atoms with van der Waals surface area (Å²) in [5.74, 6) is -1.35. The molecule has 0 saturated carbocycles. The molecule has 3 atom stereocenters. The van der Waals surface area contributed by atoms with Crippen molar-refractivity contribution in [3.63, 3.8) is 0 Å². The molecule has 1 aliphatic heterocycles. The van der Waals surface area contributed by atoms with Gasteiger partial charge in [-0.05, 0) is 12.8 Å². The third-order valence-corrected chi connectivity index (χ3v) is 3.34. The van der Waals surface area contributed by atoms with Crippen LogP contribution in [0.15, 0.2) is 0 Å². The van der Waals surface area contributed by atoms with Crippen molar-refractivity contribution in [1.29, 1.82) is 0 Å². The summed E-state index contributed by atoms with van der Waals surface area (Å²) in [6.45, 7) is 0.814. The Morgan fingerprint density at radius 2 is 2.16 bits per heavy atom. The number of rotatable bonds is 7. The van der Waals surface area contributed by atoms with E-state index in [0.717, 1.165) is 0 Å². The van der Waals surface area contributed by atoms with Gasteiger partial charge >= 0.3 is 5.97 Å². The number of nitrogens with two attached hydrogens (primary N) is 1. The number of carboxylic acid groups (broad SMARTS) is 1. The second-order valence-electron chi connectivity index (χ2n) is 4.68. The van der Waals surface area contributed by atoms with Gasteiger partial charge in [-0.2, -0.15) is 0 Å². The first-order valence-corrected chi connectivity index (χ1v) is 6.31. The van der Waals surface area contributed by atoms with E-state index in [0.29, 0.717) is 25.9 Å². The molecular formula is C12H22N2O5. The minimum absolute atomic E-state index is 0.240. The quantitative estimate of drug-likeness (QED) is 0.603.